The van der Waals surface area contributed by atoms with E-state index in [0.717, 1.165) is 17.3 Å². The van der Waals surface area contributed by atoms with Crippen molar-refractivity contribution in [3.63, 3.8) is 0 Å². The molecule has 1 amide bonds. The number of amides is 1. The lowest BCUT2D eigenvalue weighted by Crippen LogP contribution is -2.37. The van der Waals surface area contributed by atoms with Gasteiger partial charge in [0.05, 0.1) is 0 Å². The van der Waals surface area contributed by atoms with E-state index in [4.69, 9.17) is 0 Å². The normalized spacial score (nSPS) is 11.9. The maximum absolute atomic E-state index is 12.0. The molecule has 0 bridgehead atoms. The van der Waals surface area contributed by atoms with Gasteiger partial charge in [0.15, 0.2) is 0 Å². The fourth-order valence-electron chi connectivity index (χ4n) is 2.20. The van der Waals surface area contributed by atoms with Crippen molar-refractivity contribution in [3.8, 4) is 0 Å². The Morgan fingerprint density at radius 3 is 2.68 bits per heavy atom. The molecular formula is C17H19BrN2O2. The zero-order chi connectivity index (χ0) is 15.9. The summed E-state index contributed by atoms with van der Waals surface area (Å²) in [4.78, 5) is 23.7. The fraction of sp³-hybridized carbons (Fsp3) is 0.294. The lowest BCUT2D eigenvalue weighted by atomic mass is 10.1. The molecule has 0 aliphatic carbocycles. The minimum Gasteiger partial charge on any atom is -0.352 e. The Labute approximate surface area is 138 Å². The topological polar surface area (TPSA) is 51.1 Å². The number of hydrogen-bond acceptors (Lipinski definition) is 2. The lowest BCUT2D eigenvalue weighted by Gasteiger charge is -2.14. The third-order valence-corrected chi connectivity index (χ3v) is 3.85. The Hall–Kier alpha value is -1.88. The molecule has 2 rings (SSSR count). The molecule has 0 saturated carbocycles. The molecule has 5 heteroatoms. The molecule has 4 nitrogen and oxygen atoms in total. The van der Waals surface area contributed by atoms with Gasteiger partial charge in [-0.2, -0.15) is 0 Å². The quantitative estimate of drug-likeness (QED) is 0.858. The number of nitrogens with zero attached hydrogens (tertiary/aromatic N) is 1. The maximum atomic E-state index is 12.0. The van der Waals surface area contributed by atoms with Crippen molar-refractivity contribution in [2.45, 2.75) is 32.4 Å². The number of halogens is 1. The highest BCUT2D eigenvalue weighted by Crippen LogP contribution is 2.06. The number of pyridine rings is 1. The summed E-state index contributed by atoms with van der Waals surface area (Å²) in [5.74, 6) is -0.152. The molecule has 2 aromatic rings. The number of aromatic nitrogens is 1. The van der Waals surface area contributed by atoms with Gasteiger partial charge in [0.1, 0.15) is 6.54 Å². The number of aryl methyl sites for hydroxylation is 1. The second-order valence-corrected chi connectivity index (χ2v) is 6.22. The van der Waals surface area contributed by atoms with Crippen LogP contribution < -0.4 is 10.9 Å². The number of nitrogens with one attached hydrogen (secondary N) is 1. The van der Waals surface area contributed by atoms with Crippen LogP contribution in [0, 0.1) is 0 Å². The maximum Gasteiger partial charge on any atom is 0.251 e. The van der Waals surface area contributed by atoms with Gasteiger partial charge in [0.25, 0.3) is 5.56 Å². The molecule has 0 aliphatic heterocycles. The van der Waals surface area contributed by atoms with Crippen molar-refractivity contribution in [3.05, 3.63) is 69.1 Å². The SMILES string of the molecule is CC(CCc1ccccc1)NC(=O)Cn1cc(Br)ccc1=O. The molecule has 1 unspecified atom stereocenters. The summed E-state index contributed by atoms with van der Waals surface area (Å²) in [5, 5.41) is 2.93. The molecular weight excluding hydrogens is 344 g/mol. The number of hydrogen-bond donors (Lipinski definition) is 1. The lowest BCUT2D eigenvalue weighted by molar-refractivity contribution is -0.122. The Bertz CT molecular complexity index is 683. The summed E-state index contributed by atoms with van der Waals surface area (Å²) in [7, 11) is 0. The third-order valence-electron chi connectivity index (χ3n) is 3.38. The highest BCUT2D eigenvalue weighted by Gasteiger charge is 2.09. The van der Waals surface area contributed by atoms with Crippen molar-refractivity contribution in [1.29, 1.82) is 0 Å². The van der Waals surface area contributed by atoms with Gasteiger partial charge in [0, 0.05) is 22.8 Å². The fourth-order valence-corrected chi connectivity index (χ4v) is 2.58. The molecule has 1 N–H and O–H groups in total. The first-order chi connectivity index (χ1) is 10.5. The van der Waals surface area contributed by atoms with E-state index < -0.39 is 0 Å². The summed E-state index contributed by atoms with van der Waals surface area (Å²) in [6.45, 7) is 2.01. The zero-order valence-corrected chi connectivity index (χ0v) is 14.0. The first-order valence-electron chi connectivity index (χ1n) is 7.24. The predicted molar refractivity (Wildman–Crippen MR) is 90.8 cm³/mol. The second-order valence-electron chi connectivity index (χ2n) is 5.31. The van der Waals surface area contributed by atoms with Crippen molar-refractivity contribution in [1.82, 2.24) is 9.88 Å². The molecule has 22 heavy (non-hydrogen) atoms. The smallest absolute Gasteiger partial charge is 0.251 e. The second kappa shape index (κ2) is 7.94. The molecule has 116 valence electrons. The predicted octanol–water partition coefficient (Wildman–Crippen LogP) is 2.75. The van der Waals surface area contributed by atoms with Gasteiger partial charge in [-0.25, -0.2) is 0 Å². The summed E-state index contributed by atoms with van der Waals surface area (Å²) in [6.07, 6.45) is 3.40. The summed E-state index contributed by atoms with van der Waals surface area (Å²) in [6, 6.07) is 13.3. The van der Waals surface area contributed by atoms with E-state index in [2.05, 4.69) is 33.4 Å². The molecule has 0 fully saturated rings. The van der Waals surface area contributed by atoms with Crippen LogP contribution in [0.15, 0.2) is 57.9 Å². The van der Waals surface area contributed by atoms with Gasteiger partial charge < -0.3 is 9.88 Å². The summed E-state index contributed by atoms with van der Waals surface area (Å²) >= 11 is 3.30. The van der Waals surface area contributed by atoms with Gasteiger partial charge in [-0.05, 0) is 47.3 Å². The Morgan fingerprint density at radius 2 is 1.95 bits per heavy atom. The Kier molecular flexibility index (Phi) is 5.95. The highest BCUT2D eigenvalue weighted by molar-refractivity contribution is 9.10. The van der Waals surface area contributed by atoms with Crippen molar-refractivity contribution in [2.24, 2.45) is 0 Å². The molecule has 1 aromatic carbocycles. The minimum atomic E-state index is -0.185. The average Bonchev–Trinajstić information content (AvgIpc) is 2.50. The molecule has 1 aromatic heterocycles. The largest absolute Gasteiger partial charge is 0.352 e. The monoisotopic (exact) mass is 362 g/mol. The molecule has 0 saturated heterocycles. The van der Waals surface area contributed by atoms with Crippen LogP contribution in [0.5, 0.6) is 0 Å². The zero-order valence-electron chi connectivity index (χ0n) is 12.5. The summed E-state index contributed by atoms with van der Waals surface area (Å²) < 4.78 is 2.17. The van der Waals surface area contributed by atoms with Crippen LogP contribution in [0.25, 0.3) is 0 Å². The van der Waals surface area contributed by atoms with Crippen molar-refractivity contribution in [2.75, 3.05) is 0 Å². The number of carbonyl (C=O) groups excluding carboxylic acids is 1. The van der Waals surface area contributed by atoms with Crippen molar-refractivity contribution < 1.29 is 4.79 Å². The van der Waals surface area contributed by atoms with Crippen LogP contribution >= 0.6 is 15.9 Å². The Morgan fingerprint density at radius 1 is 1.23 bits per heavy atom. The van der Waals surface area contributed by atoms with Gasteiger partial charge >= 0.3 is 0 Å². The Balaban J connectivity index is 1.83. The number of rotatable bonds is 6. The standard InChI is InChI=1S/C17H19BrN2O2/c1-13(7-8-14-5-3-2-4-6-14)19-16(21)12-20-11-15(18)9-10-17(20)22/h2-6,9-11,13H,7-8,12H2,1H3,(H,19,21). The first kappa shape index (κ1) is 16.5. The number of carbonyl (C=O) groups is 1. The van der Waals surface area contributed by atoms with Crippen LogP contribution in [-0.4, -0.2) is 16.5 Å². The number of benzene rings is 1. The minimum absolute atomic E-state index is 0.0357. The van der Waals surface area contributed by atoms with Gasteiger partial charge in [-0.3, -0.25) is 9.59 Å². The van der Waals surface area contributed by atoms with Crippen LogP contribution in [-0.2, 0) is 17.8 Å². The molecule has 1 heterocycles. The van der Waals surface area contributed by atoms with E-state index in [0.29, 0.717) is 0 Å². The molecule has 0 spiro atoms. The highest BCUT2D eigenvalue weighted by atomic mass is 79.9. The first-order valence-corrected chi connectivity index (χ1v) is 8.03. The average molecular weight is 363 g/mol. The van der Waals surface area contributed by atoms with Gasteiger partial charge in [-0.1, -0.05) is 30.3 Å². The van der Waals surface area contributed by atoms with Gasteiger partial charge in [0.2, 0.25) is 5.91 Å². The van der Waals surface area contributed by atoms with Gasteiger partial charge in [-0.15, -0.1) is 0 Å². The third kappa shape index (κ3) is 5.15. The van der Waals surface area contributed by atoms with E-state index in [9.17, 15) is 9.59 Å². The van der Waals surface area contributed by atoms with E-state index >= 15 is 0 Å². The van der Waals surface area contributed by atoms with Crippen molar-refractivity contribution >= 4 is 21.8 Å². The van der Waals surface area contributed by atoms with Crippen LogP contribution in [0.4, 0.5) is 0 Å². The van der Waals surface area contributed by atoms with E-state index in [1.807, 2.05) is 25.1 Å². The van der Waals surface area contributed by atoms with E-state index in [1.165, 1.54) is 16.2 Å². The van der Waals surface area contributed by atoms with E-state index in [1.54, 1.807) is 12.3 Å². The van der Waals surface area contributed by atoms with Crippen LogP contribution in [0.3, 0.4) is 0 Å². The summed E-state index contributed by atoms with van der Waals surface area (Å²) in [5.41, 5.74) is 1.07. The van der Waals surface area contributed by atoms with Crippen LogP contribution in [0.1, 0.15) is 18.9 Å². The molecule has 0 aliphatic rings. The van der Waals surface area contributed by atoms with Crippen LogP contribution in [0.2, 0.25) is 0 Å². The molecule has 1 atom stereocenters. The molecule has 0 radical (unpaired) electrons. The van der Waals surface area contributed by atoms with E-state index in [-0.39, 0.29) is 24.1 Å².